The molecule has 0 bridgehead atoms. The van der Waals surface area contributed by atoms with Gasteiger partial charge in [-0.3, -0.25) is 4.79 Å². The molecule has 2 aromatic heterocycles. The molecule has 0 aliphatic heterocycles. The fraction of sp³-hybridized carbons (Fsp3) is 0.273. The van der Waals surface area contributed by atoms with Crippen molar-refractivity contribution < 1.29 is 18.0 Å². The summed E-state index contributed by atoms with van der Waals surface area (Å²) in [7, 11) is 0. The lowest BCUT2D eigenvalue weighted by Crippen LogP contribution is -2.23. The Hall–Kier alpha value is -2.05. The van der Waals surface area contributed by atoms with Crippen LogP contribution < -0.4 is 5.73 Å². The maximum atomic E-state index is 12.9. The van der Waals surface area contributed by atoms with Crippen molar-refractivity contribution in [3.8, 4) is 0 Å². The number of imidazole rings is 1. The van der Waals surface area contributed by atoms with Crippen LogP contribution in [0.25, 0.3) is 5.65 Å². The number of amides is 1. The molecule has 0 aromatic carbocycles. The largest absolute Gasteiger partial charge is 0.435 e. The van der Waals surface area contributed by atoms with E-state index in [0.717, 1.165) is 0 Å². The Labute approximate surface area is 100 Å². The lowest BCUT2D eigenvalue weighted by atomic mass is 10.1. The van der Waals surface area contributed by atoms with Gasteiger partial charge < -0.3 is 10.1 Å². The van der Waals surface area contributed by atoms with Gasteiger partial charge in [-0.1, -0.05) is 6.07 Å². The number of aromatic nitrogens is 2. The summed E-state index contributed by atoms with van der Waals surface area (Å²) >= 11 is 0. The average Bonchev–Trinajstić information content (AvgIpc) is 2.66. The molecule has 18 heavy (non-hydrogen) atoms. The summed E-state index contributed by atoms with van der Waals surface area (Å²) in [6, 6.07) is 4.57. The van der Waals surface area contributed by atoms with Gasteiger partial charge >= 0.3 is 6.18 Å². The highest BCUT2D eigenvalue weighted by Crippen LogP contribution is 2.35. The molecule has 2 aromatic rings. The van der Waals surface area contributed by atoms with Gasteiger partial charge in [-0.2, -0.15) is 13.2 Å². The smallest absolute Gasteiger partial charge is 0.369 e. The number of hydrogen-bond donors (Lipinski definition) is 1. The molecule has 0 saturated carbocycles. The molecule has 0 aliphatic carbocycles. The van der Waals surface area contributed by atoms with Crippen molar-refractivity contribution in [1.29, 1.82) is 0 Å². The van der Waals surface area contributed by atoms with Gasteiger partial charge in [0.05, 0.1) is 11.6 Å². The second-order valence-electron chi connectivity index (χ2n) is 3.90. The van der Waals surface area contributed by atoms with Gasteiger partial charge in [-0.05, 0) is 19.1 Å². The first-order valence-electron chi connectivity index (χ1n) is 5.16. The van der Waals surface area contributed by atoms with Crippen LogP contribution >= 0.6 is 0 Å². The minimum atomic E-state index is -4.62. The van der Waals surface area contributed by atoms with E-state index >= 15 is 0 Å². The number of nitrogens with zero attached hydrogens (tertiary/aromatic N) is 2. The van der Waals surface area contributed by atoms with Crippen LogP contribution in [0.1, 0.15) is 24.2 Å². The SMILES string of the molecule is CC(C(N)=O)c1c(C(F)(F)F)nc2ccccn12. The number of primary amides is 1. The van der Waals surface area contributed by atoms with Crippen molar-refractivity contribution in [3.63, 3.8) is 0 Å². The third kappa shape index (κ3) is 1.92. The highest BCUT2D eigenvalue weighted by Gasteiger charge is 2.40. The monoisotopic (exact) mass is 257 g/mol. The van der Waals surface area contributed by atoms with Crippen LogP contribution in [0.5, 0.6) is 0 Å². The van der Waals surface area contributed by atoms with Crippen LogP contribution in [-0.4, -0.2) is 15.3 Å². The molecule has 0 saturated heterocycles. The number of carbonyl (C=O) groups is 1. The minimum Gasteiger partial charge on any atom is -0.369 e. The van der Waals surface area contributed by atoms with Crippen LogP contribution in [0.2, 0.25) is 0 Å². The van der Waals surface area contributed by atoms with E-state index in [1.54, 1.807) is 12.1 Å². The highest BCUT2D eigenvalue weighted by atomic mass is 19.4. The van der Waals surface area contributed by atoms with Gasteiger partial charge in [0.15, 0.2) is 5.69 Å². The van der Waals surface area contributed by atoms with E-state index in [1.807, 2.05) is 0 Å². The van der Waals surface area contributed by atoms with Gasteiger partial charge in [0.2, 0.25) is 5.91 Å². The van der Waals surface area contributed by atoms with E-state index in [4.69, 9.17) is 5.73 Å². The lowest BCUT2D eigenvalue weighted by molar-refractivity contribution is -0.141. The van der Waals surface area contributed by atoms with Crippen LogP contribution in [0.3, 0.4) is 0 Å². The normalized spacial score (nSPS) is 13.8. The number of nitrogens with two attached hydrogens (primary N) is 1. The third-order valence-electron chi connectivity index (χ3n) is 2.67. The lowest BCUT2D eigenvalue weighted by Gasteiger charge is -2.11. The highest BCUT2D eigenvalue weighted by molar-refractivity contribution is 5.81. The first kappa shape index (κ1) is 12.4. The molecule has 1 atom stereocenters. The van der Waals surface area contributed by atoms with Crippen LogP contribution in [-0.2, 0) is 11.0 Å². The summed E-state index contributed by atoms with van der Waals surface area (Å²) in [5, 5.41) is 0. The number of carbonyl (C=O) groups excluding carboxylic acids is 1. The molecule has 7 heteroatoms. The molecular formula is C11H10F3N3O. The summed E-state index contributed by atoms with van der Waals surface area (Å²) in [6.45, 7) is 1.33. The Morgan fingerprint density at radius 2 is 2.11 bits per heavy atom. The number of pyridine rings is 1. The molecular weight excluding hydrogens is 247 g/mol. The summed E-state index contributed by atoms with van der Waals surface area (Å²) in [6.07, 6.45) is -3.20. The Kier molecular flexibility index (Phi) is 2.76. The number of hydrogen-bond acceptors (Lipinski definition) is 2. The van der Waals surface area contributed by atoms with Crippen molar-refractivity contribution in [2.75, 3.05) is 0 Å². The molecule has 0 aliphatic rings. The van der Waals surface area contributed by atoms with Gasteiger partial charge in [0.25, 0.3) is 0 Å². The molecule has 1 unspecified atom stereocenters. The fourth-order valence-corrected chi connectivity index (χ4v) is 1.77. The predicted molar refractivity (Wildman–Crippen MR) is 57.8 cm³/mol. The Morgan fingerprint density at radius 1 is 1.44 bits per heavy atom. The van der Waals surface area contributed by atoms with Crippen molar-refractivity contribution in [2.45, 2.75) is 19.0 Å². The van der Waals surface area contributed by atoms with Gasteiger partial charge in [-0.25, -0.2) is 4.98 Å². The molecule has 2 heterocycles. The Balaban J connectivity index is 2.77. The third-order valence-corrected chi connectivity index (χ3v) is 2.67. The van der Waals surface area contributed by atoms with Crippen LogP contribution in [0.4, 0.5) is 13.2 Å². The summed E-state index contributed by atoms with van der Waals surface area (Å²) in [4.78, 5) is 14.7. The summed E-state index contributed by atoms with van der Waals surface area (Å²) < 4.78 is 39.9. The van der Waals surface area contributed by atoms with Gasteiger partial charge in [0.1, 0.15) is 5.65 Å². The average molecular weight is 257 g/mol. The van der Waals surface area contributed by atoms with E-state index in [1.165, 1.54) is 23.6 Å². The molecule has 1 amide bonds. The number of rotatable bonds is 2. The van der Waals surface area contributed by atoms with Gasteiger partial charge in [0, 0.05) is 6.20 Å². The van der Waals surface area contributed by atoms with Crippen molar-refractivity contribution in [3.05, 3.63) is 35.8 Å². The second kappa shape index (κ2) is 4.01. The second-order valence-corrected chi connectivity index (χ2v) is 3.90. The maximum absolute atomic E-state index is 12.9. The zero-order chi connectivity index (χ0) is 13.5. The zero-order valence-electron chi connectivity index (χ0n) is 9.40. The summed E-state index contributed by atoms with van der Waals surface area (Å²) in [5.74, 6) is -1.90. The topological polar surface area (TPSA) is 60.4 Å². The Bertz CT molecular complexity index is 603. The van der Waals surface area contributed by atoms with E-state index in [9.17, 15) is 18.0 Å². The number of alkyl halides is 3. The van der Waals surface area contributed by atoms with E-state index in [2.05, 4.69) is 4.98 Å². The molecule has 0 fully saturated rings. The number of fused-ring (bicyclic) bond motifs is 1. The number of halogens is 3. The summed E-state index contributed by atoms with van der Waals surface area (Å²) in [5.41, 5.74) is 3.91. The molecule has 2 rings (SSSR count). The molecule has 4 nitrogen and oxygen atoms in total. The molecule has 96 valence electrons. The van der Waals surface area contributed by atoms with Crippen molar-refractivity contribution in [1.82, 2.24) is 9.38 Å². The predicted octanol–water partition coefficient (Wildman–Crippen LogP) is 1.94. The first-order chi connectivity index (χ1) is 8.32. The van der Waals surface area contributed by atoms with E-state index in [0.29, 0.717) is 0 Å². The molecule has 0 spiro atoms. The zero-order valence-corrected chi connectivity index (χ0v) is 9.40. The minimum absolute atomic E-state index is 0.132. The van der Waals surface area contributed by atoms with Crippen LogP contribution in [0.15, 0.2) is 24.4 Å². The Morgan fingerprint density at radius 3 is 2.67 bits per heavy atom. The van der Waals surface area contributed by atoms with Crippen molar-refractivity contribution >= 4 is 11.6 Å². The maximum Gasteiger partial charge on any atom is 0.435 e. The first-order valence-corrected chi connectivity index (χ1v) is 5.16. The molecule has 2 N–H and O–H groups in total. The fourth-order valence-electron chi connectivity index (χ4n) is 1.77. The van der Waals surface area contributed by atoms with Crippen molar-refractivity contribution in [2.24, 2.45) is 5.73 Å². The van der Waals surface area contributed by atoms with Gasteiger partial charge in [-0.15, -0.1) is 0 Å². The van der Waals surface area contributed by atoms with E-state index < -0.39 is 23.7 Å². The molecule has 0 radical (unpaired) electrons. The standard InChI is InChI=1S/C11H10F3N3O/c1-6(10(15)18)8-9(11(12,13)14)16-7-4-2-3-5-17(7)8/h2-6H,1H3,(H2,15,18). The van der Waals surface area contributed by atoms with Crippen LogP contribution in [0, 0.1) is 0 Å². The van der Waals surface area contributed by atoms with E-state index in [-0.39, 0.29) is 11.3 Å². The quantitative estimate of drug-likeness (QED) is 0.893.